The number of hydrogen-bond acceptors (Lipinski definition) is 6. The van der Waals surface area contributed by atoms with Crippen molar-refractivity contribution < 1.29 is 17.6 Å². The predicted molar refractivity (Wildman–Crippen MR) is 143 cm³/mol. The van der Waals surface area contributed by atoms with E-state index in [-0.39, 0.29) is 28.7 Å². The lowest BCUT2D eigenvalue weighted by atomic mass is 10.2. The van der Waals surface area contributed by atoms with E-state index in [1.165, 1.54) is 46.0 Å². The molecule has 35 heavy (non-hydrogen) atoms. The quantitative estimate of drug-likeness (QED) is 0.345. The van der Waals surface area contributed by atoms with Gasteiger partial charge >= 0.3 is 0 Å². The fraction of sp³-hybridized carbons (Fsp3) is 0.417. The zero-order valence-corrected chi connectivity index (χ0v) is 22.8. The topological polar surface area (TPSA) is 73.8 Å². The van der Waals surface area contributed by atoms with E-state index in [9.17, 15) is 17.6 Å². The maximum absolute atomic E-state index is 14.3. The number of sulfonamides is 1. The summed E-state index contributed by atoms with van der Waals surface area (Å²) in [7, 11) is -3.62. The SMILES string of the molecule is CCN(CC)CCN(C(=O)c1ccc(S(=O)(=O)N(CC)CC)cc1)c1nc2c(F)cccc2s1.Cl. The van der Waals surface area contributed by atoms with Crippen LogP contribution in [0.1, 0.15) is 38.1 Å². The minimum absolute atomic E-state index is 0. The Morgan fingerprint density at radius 1 is 0.943 bits per heavy atom. The zero-order valence-electron chi connectivity index (χ0n) is 20.4. The second-order valence-corrected chi connectivity index (χ2v) is 10.6. The molecule has 11 heteroatoms. The fourth-order valence-corrected chi connectivity index (χ4v) is 6.18. The second kappa shape index (κ2) is 12.7. The molecule has 192 valence electrons. The van der Waals surface area contributed by atoms with Gasteiger partial charge in [-0.3, -0.25) is 9.69 Å². The molecule has 7 nitrogen and oxygen atoms in total. The molecule has 1 amide bonds. The number of fused-ring (bicyclic) bond motifs is 1. The largest absolute Gasteiger partial charge is 0.302 e. The summed E-state index contributed by atoms with van der Waals surface area (Å²) in [6, 6.07) is 10.7. The van der Waals surface area contributed by atoms with Gasteiger partial charge < -0.3 is 4.90 Å². The van der Waals surface area contributed by atoms with Gasteiger partial charge in [-0.15, -0.1) is 12.4 Å². The summed E-state index contributed by atoms with van der Waals surface area (Å²) in [4.78, 5) is 21.8. The normalized spacial score (nSPS) is 11.7. The Bertz CT molecular complexity index is 1230. The second-order valence-electron chi connectivity index (χ2n) is 7.68. The molecule has 3 rings (SSSR count). The number of amides is 1. The van der Waals surface area contributed by atoms with Crippen LogP contribution in [0.5, 0.6) is 0 Å². The van der Waals surface area contributed by atoms with Crippen molar-refractivity contribution >= 4 is 55.0 Å². The molecular formula is C24H32ClFN4O3S2. The van der Waals surface area contributed by atoms with Crippen LogP contribution in [0, 0.1) is 5.82 Å². The van der Waals surface area contributed by atoms with Crippen LogP contribution in [0.3, 0.4) is 0 Å². The van der Waals surface area contributed by atoms with Crippen molar-refractivity contribution in [2.24, 2.45) is 0 Å². The van der Waals surface area contributed by atoms with Gasteiger partial charge in [0.1, 0.15) is 11.3 Å². The minimum atomic E-state index is -3.62. The molecule has 0 atom stereocenters. The Hall–Kier alpha value is -2.11. The molecule has 0 spiro atoms. The number of halogens is 2. The summed E-state index contributed by atoms with van der Waals surface area (Å²) in [5.74, 6) is -0.736. The predicted octanol–water partition coefficient (Wildman–Crippen LogP) is 4.88. The molecule has 2 aromatic carbocycles. The fourth-order valence-electron chi connectivity index (χ4n) is 3.72. The van der Waals surface area contributed by atoms with E-state index in [4.69, 9.17) is 0 Å². The number of benzene rings is 2. The number of likely N-dealkylation sites (N-methyl/N-ethyl adjacent to an activating group) is 1. The molecule has 0 aliphatic rings. The number of carbonyl (C=O) groups is 1. The lowest BCUT2D eigenvalue weighted by Crippen LogP contribution is -2.39. The molecule has 0 aliphatic carbocycles. The Balaban J connectivity index is 0.00000432. The summed E-state index contributed by atoms with van der Waals surface area (Å²) in [5.41, 5.74) is 0.585. The van der Waals surface area contributed by atoms with Crippen LogP contribution < -0.4 is 4.90 Å². The van der Waals surface area contributed by atoms with E-state index in [1.54, 1.807) is 30.9 Å². The molecule has 0 saturated heterocycles. The van der Waals surface area contributed by atoms with Crippen molar-refractivity contribution in [1.29, 1.82) is 0 Å². The van der Waals surface area contributed by atoms with E-state index in [0.29, 0.717) is 41.6 Å². The molecule has 0 bridgehead atoms. The van der Waals surface area contributed by atoms with Gasteiger partial charge in [0.25, 0.3) is 5.91 Å². The number of nitrogens with zero attached hydrogens (tertiary/aromatic N) is 4. The highest BCUT2D eigenvalue weighted by atomic mass is 35.5. The molecule has 0 N–H and O–H groups in total. The summed E-state index contributed by atoms with van der Waals surface area (Å²) >= 11 is 1.26. The van der Waals surface area contributed by atoms with Crippen LogP contribution in [0.25, 0.3) is 10.2 Å². The van der Waals surface area contributed by atoms with Gasteiger partial charge in [0.2, 0.25) is 10.0 Å². The minimum Gasteiger partial charge on any atom is -0.302 e. The van der Waals surface area contributed by atoms with E-state index in [0.717, 1.165) is 13.1 Å². The highest BCUT2D eigenvalue weighted by Crippen LogP contribution is 2.31. The Kier molecular flexibility index (Phi) is 10.6. The lowest BCUT2D eigenvalue weighted by Gasteiger charge is -2.25. The van der Waals surface area contributed by atoms with Gasteiger partial charge in [-0.1, -0.05) is 45.1 Å². The summed E-state index contributed by atoms with van der Waals surface area (Å²) in [5, 5.41) is 0.414. The Labute approximate surface area is 217 Å². The first-order chi connectivity index (χ1) is 16.3. The van der Waals surface area contributed by atoms with Crippen LogP contribution in [0.15, 0.2) is 47.4 Å². The van der Waals surface area contributed by atoms with Gasteiger partial charge in [-0.05, 0) is 49.5 Å². The number of aromatic nitrogens is 1. The molecule has 3 aromatic rings. The average molecular weight is 543 g/mol. The van der Waals surface area contributed by atoms with Crippen molar-refractivity contribution in [2.45, 2.75) is 32.6 Å². The van der Waals surface area contributed by atoms with E-state index in [2.05, 4.69) is 23.7 Å². The zero-order chi connectivity index (χ0) is 24.9. The highest BCUT2D eigenvalue weighted by Gasteiger charge is 2.25. The Morgan fingerprint density at radius 2 is 1.57 bits per heavy atom. The van der Waals surface area contributed by atoms with E-state index in [1.807, 2.05) is 0 Å². The number of hydrogen-bond donors (Lipinski definition) is 0. The van der Waals surface area contributed by atoms with Crippen LogP contribution in [-0.2, 0) is 10.0 Å². The first-order valence-corrected chi connectivity index (χ1v) is 13.7. The number of carbonyl (C=O) groups excluding carboxylic acids is 1. The van der Waals surface area contributed by atoms with Crippen LogP contribution in [0.4, 0.5) is 9.52 Å². The van der Waals surface area contributed by atoms with Crippen LogP contribution in [0.2, 0.25) is 0 Å². The van der Waals surface area contributed by atoms with Crippen molar-refractivity contribution in [2.75, 3.05) is 44.2 Å². The van der Waals surface area contributed by atoms with Gasteiger partial charge in [0.15, 0.2) is 5.13 Å². The number of para-hydroxylation sites is 1. The van der Waals surface area contributed by atoms with Crippen molar-refractivity contribution in [3.8, 4) is 0 Å². The number of thiazole rings is 1. The molecule has 0 aliphatic heterocycles. The monoisotopic (exact) mass is 542 g/mol. The third-order valence-corrected chi connectivity index (χ3v) is 8.92. The lowest BCUT2D eigenvalue weighted by molar-refractivity contribution is 0.0983. The third-order valence-electron chi connectivity index (χ3n) is 5.81. The molecular weight excluding hydrogens is 511 g/mol. The van der Waals surface area contributed by atoms with Gasteiger partial charge in [-0.25, -0.2) is 17.8 Å². The summed E-state index contributed by atoms with van der Waals surface area (Å²) in [6.45, 7) is 11.1. The van der Waals surface area contributed by atoms with Gasteiger partial charge in [-0.2, -0.15) is 4.31 Å². The average Bonchev–Trinajstić information content (AvgIpc) is 3.27. The van der Waals surface area contributed by atoms with Gasteiger partial charge in [0, 0.05) is 31.7 Å². The Morgan fingerprint density at radius 3 is 2.11 bits per heavy atom. The molecule has 1 heterocycles. The molecule has 0 unspecified atom stereocenters. The highest BCUT2D eigenvalue weighted by molar-refractivity contribution is 7.89. The van der Waals surface area contributed by atoms with Crippen molar-refractivity contribution in [1.82, 2.24) is 14.2 Å². The molecule has 0 fully saturated rings. The first-order valence-electron chi connectivity index (χ1n) is 11.5. The summed E-state index contributed by atoms with van der Waals surface area (Å²) in [6.07, 6.45) is 0. The summed E-state index contributed by atoms with van der Waals surface area (Å²) < 4.78 is 41.9. The maximum Gasteiger partial charge on any atom is 0.260 e. The number of anilines is 1. The maximum atomic E-state index is 14.3. The van der Waals surface area contributed by atoms with E-state index < -0.39 is 15.8 Å². The first kappa shape index (κ1) is 29.1. The third kappa shape index (κ3) is 6.37. The van der Waals surface area contributed by atoms with Crippen LogP contribution >= 0.6 is 23.7 Å². The van der Waals surface area contributed by atoms with E-state index >= 15 is 0 Å². The number of rotatable bonds is 11. The standard InChI is InChI=1S/C24H31FN4O3S2.ClH/c1-5-27(6-2)16-17-29(24-26-22-20(25)10-9-11-21(22)33-24)23(30)18-12-14-19(15-13-18)34(31,32)28(7-3)8-4;/h9-15H,5-8,16-17H2,1-4H3;1H. The van der Waals surface area contributed by atoms with Crippen molar-refractivity contribution in [3.05, 3.63) is 53.8 Å². The molecule has 1 aromatic heterocycles. The van der Waals surface area contributed by atoms with Gasteiger partial charge in [0.05, 0.1) is 9.60 Å². The van der Waals surface area contributed by atoms with Crippen LogP contribution in [-0.4, -0.2) is 67.8 Å². The smallest absolute Gasteiger partial charge is 0.260 e. The van der Waals surface area contributed by atoms with Crippen molar-refractivity contribution in [3.63, 3.8) is 0 Å². The molecule has 0 radical (unpaired) electrons. The molecule has 0 saturated carbocycles.